The minimum Gasteiger partial charge on any atom is -0.378 e. The van der Waals surface area contributed by atoms with Crippen molar-refractivity contribution in [3.8, 4) is 16.9 Å². The summed E-state index contributed by atoms with van der Waals surface area (Å²) in [5, 5.41) is 17.5. The molecule has 0 amide bonds. The molecule has 0 saturated carbocycles. The van der Waals surface area contributed by atoms with Gasteiger partial charge in [-0.15, -0.1) is 0 Å². The summed E-state index contributed by atoms with van der Waals surface area (Å²) in [4.78, 5) is 26.9. The van der Waals surface area contributed by atoms with E-state index in [0.29, 0.717) is 53.8 Å². The number of fused-ring (bicyclic) bond motifs is 1. The Balaban J connectivity index is 1.79. The highest BCUT2D eigenvalue weighted by Gasteiger charge is 2.23. The molecule has 0 spiro atoms. The van der Waals surface area contributed by atoms with Crippen LogP contribution >= 0.6 is 0 Å². The van der Waals surface area contributed by atoms with E-state index in [0.717, 1.165) is 10.4 Å². The number of anilines is 1. The smallest absolute Gasteiger partial charge is 0.295 e. The van der Waals surface area contributed by atoms with Gasteiger partial charge >= 0.3 is 0 Å². The molecule has 4 aromatic rings. The SMILES string of the molecule is [B]c1cccc(-c2nn(-c3cc(N4CCOCC4)ccc3[N+](=O)[O-])c(=O)c3ccccc23)c1. The standard InChI is InChI=1S/C24H19BN4O4/c25-17-5-3-4-16(14-17)23-19-6-1-2-7-20(19)24(30)28(26-23)22-15-18(8-9-21(22)29(31)32)27-10-12-33-13-11-27/h1-9,14-15H,10-13H2. The lowest BCUT2D eigenvalue weighted by Gasteiger charge is -2.29. The minimum absolute atomic E-state index is 0.116. The van der Waals surface area contributed by atoms with Crippen molar-refractivity contribution in [3.05, 3.63) is 87.2 Å². The number of aromatic nitrogens is 2. The van der Waals surface area contributed by atoms with E-state index >= 15 is 0 Å². The van der Waals surface area contributed by atoms with E-state index < -0.39 is 10.5 Å². The third kappa shape index (κ3) is 3.87. The lowest BCUT2D eigenvalue weighted by Crippen LogP contribution is -2.36. The number of nitro benzene ring substituents is 1. The highest BCUT2D eigenvalue weighted by Crippen LogP contribution is 2.30. The maximum Gasteiger partial charge on any atom is 0.295 e. The molecule has 1 fully saturated rings. The summed E-state index contributed by atoms with van der Waals surface area (Å²) < 4.78 is 6.54. The summed E-state index contributed by atoms with van der Waals surface area (Å²) in [5.41, 5.74) is 2.04. The number of rotatable bonds is 4. The van der Waals surface area contributed by atoms with Crippen LogP contribution in [0, 0.1) is 10.1 Å². The zero-order valence-electron chi connectivity index (χ0n) is 17.7. The average Bonchev–Trinajstić information content (AvgIpc) is 2.84. The fourth-order valence-corrected chi connectivity index (χ4v) is 4.11. The first-order valence-electron chi connectivity index (χ1n) is 10.5. The number of morpholine rings is 1. The second-order valence-electron chi connectivity index (χ2n) is 7.77. The van der Waals surface area contributed by atoms with Gasteiger partial charge in [0.15, 0.2) is 0 Å². The van der Waals surface area contributed by atoms with E-state index in [9.17, 15) is 14.9 Å². The second kappa shape index (κ2) is 8.52. The Morgan fingerprint density at radius 3 is 2.45 bits per heavy atom. The van der Waals surface area contributed by atoms with Crippen molar-refractivity contribution in [1.82, 2.24) is 9.78 Å². The summed E-state index contributed by atoms with van der Waals surface area (Å²) in [7, 11) is 5.98. The summed E-state index contributed by atoms with van der Waals surface area (Å²) in [6.45, 7) is 2.46. The molecule has 1 aliphatic rings. The molecule has 5 rings (SSSR count). The number of benzene rings is 3. The van der Waals surface area contributed by atoms with E-state index in [-0.39, 0.29) is 11.4 Å². The van der Waals surface area contributed by atoms with E-state index in [1.54, 1.807) is 42.5 Å². The van der Waals surface area contributed by atoms with E-state index in [2.05, 4.69) is 10.00 Å². The number of nitrogens with zero attached hydrogens (tertiary/aromatic N) is 4. The maximum absolute atomic E-state index is 13.5. The Morgan fingerprint density at radius 1 is 0.970 bits per heavy atom. The zero-order chi connectivity index (χ0) is 22.9. The van der Waals surface area contributed by atoms with Crippen molar-refractivity contribution in [2.75, 3.05) is 31.2 Å². The molecule has 3 aromatic carbocycles. The van der Waals surface area contributed by atoms with Crippen LogP contribution in [0.5, 0.6) is 0 Å². The predicted octanol–water partition coefficient (Wildman–Crippen LogP) is 2.59. The highest BCUT2D eigenvalue weighted by molar-refractivity contribution is 6.32. The lowest BCUT2D eigenvalue weighted by atomic mass is 9.93. The Kier molecular flexibility index (Phi) is 5.39. The van der Waals surface area contributed by atoms with Gasteiger partial charge in [-0.1, -0.05) is 47.9 Å². The molecule has 1 aromatic heterocycles. The van der Waals surface area contributed by atoms with Gasteiger partial charge in [-0.05, 0) is 18.2 Å². The summed E-state index contributed by atoms with van der Waals surface area (Å²) in [5.74, 6) is 0. The van der Waals surface area contributed by atoms with Gasteiger partial charge in [0.05, 0.1) is 29.2 Å². The molecule has 162 valence electrons. The molecular formula is C24H19BN4O4. The highest BCUT2D eigenvalue weighted by atomic mass is 16.6. The van der Waals surface area contributed by atoms with Gasteiger partial charge in [0, 0.05) is 35.8 Å². The molecule has 2 radical (unpaired) electrons. The number of nitro groups is 1. The van der Waals surface area contributed by atoms with Crippen LogP contribution in [0.2, 0.25) is 0 Å². The number of hydrogen-bond donors (Lipinski definition) is 0. The van der Waals surface area contributed by atoms with Crippen LogP contribution in [0.1, 0.15) is 0 Å². The van der Waals surface area contributed by atoms with Gasteiger partial charge in [0.1, 0.15) is 13.5 Å². The average molecular weight is 438 g/mol. The van der Waals surface area contributed by atoms with Gasteiger partial charge in [-0.25, -0.2) is 0 Å². The van der Waals surface area contributed by atoms with Crippen molar-refractivity contribution < 1.29 is 9.66 Å². The van der Waals surface area contributed by atoms with Gasteiger partial charge in [-0.2, -0.15) is 9.78 Å². The fraction of sp³-hybridized carbons (Fsp3) is 0.167. The molecule has 8 nitrogen and oxygen atoms in total. The molecule has 0 atom stereocenters. The van der Waals surface area contributed by atoms with E-state index in [1.165, 1.54) is 6.07 Å². The monoisotopic (exact) mass is 438 g/mol. The Morgan fingerprint density at radius 2 is 1.73 bits per heavy atom. The third-order valence-electron chi connectivity index (χ3n) is 5.73. The third-order valence-corrected chi connectivity index (χ3v) is 5.73. The summed E-state index contributed by atoms with van der Waals surface area (Å²) in [6.07, 6.45) is 0. The first-order chi connectivity index (χ1) is 16.0. The van der Waals surface area contributed by atoms with Crippen LogP contribution in [-0.4, -0.2) is 48.9 Å². The van der Waals surface area contributed by atoms with Crippen molar-refractivity contribution in [2.45, 2.75) is 0 Å². The first kappa shape index (κ1) is 20.9. The van der Waals surface area contributed by atoms with Crippen molar-refractivity contribution in [3.63, 3.8) is 0 Å². The Hall–Kier alpha value is -3.98. The topological polar surface area (TPSA) is 90.5 Å². The summed E-state index contributed by atoms with van der Waals surface area (Å²) in [6, 6.07) is 19.0. The predicted molar refractivity (Wildman–Crippen MR) is 128 cm³/mol. The van der Waals surface area contributed by atoms with Crippen molar-refractivity contribution >= 4 is 35.5 Å². The molecule has 33 heavy (non-hydrogen) atoms. The van der Waals surface area contributed by atoms with Crippen LogP contribution in [0.15, 0.2) is 71.5 Å². The largest absolute Gasteiger partial charge is 0.378 e. The van der Waals surface area contributed by atoms with Crippen LogP contribution in [0.3, 0.4) is 0 Å². The normalized spacial score (nSPS) is 13.9. The minimum atomic E-state index is -0.498. The van der Waals surface area contributed by atoms with Gasteiger partial charge in [0.2, 0.25) is 0 Å². The molecule has 0 N–H and O–H groups in total. The molecule has 0 unspecified atom stereocenters. The van der Waals surface area contributed by atoms with Crippen molar-refractivity contribution in [2.24, 2.45) is 0 Å². The van der Waals surface area contributed by atoms with E-state index in [4.69, 9.17) is 12.6 Å². The fourth-order valence-electron chi connectivity index (χ4n) is 4.11. The Labute approximate surface area is 190 Å². The molecule has 9 heteroatoms. The molecule has 1 saturated heterocycles. The first-order valence-corrected chi connectivity index (χ1v) is 10.5. The van der Waals surface area contributed by atoms with Crippen LogP contribution < -0.4 is 15.9 Å². The number of hydrogen-bond acceptors (Lipinski definition) is 6. The summed E-state index contributed by atoms with van der Waals surface area (Å²) >= 11 is 0. The molecule has 2 heterocycles. The van der Waals surface area contributed by atoms with Gasteiger partial charge in [-0.3, -0.25) is 14.9 Å². The molecule has 0 bridgehead atoms. The van der Waals surface area contributed by atoms with Gasteiger partial charge in [0.25, 0.3) is 11.2 Å². The maximum atomic E-state index is 13.5. The van der Waals surface area contributed by atoms with Crippen molar-refractivity contribution in [1.29, 1.82) is 0 Å². The van der Waals surface area contributed by atoms with Crippen LogP contribution in [0.25, 0.3) is 27.7 Å². The second-order valence-corrected chi connectivity index (χ2v) is 7.77. The molecular weight excluding hydrogens is 419 g/mol. The van der Waals surface area contributed by atoms with Crippen LogP contribution in [-0.2, 0) is 4.74 Å². The van der Waals surface area contributed by atoms with Crippen LogP contribution in [0.4, 0.5) is 11.4 Å². The molecule has 0 aliphatic carbocycles. The van der Waals surface area contributed by atoms with Gasteiger partial charge < -0.3 is 9.64 Å². The number of ether oxygens (including phenoxy) is 1. The lowest BCUT2D eigenvalue weighted by molar-refractivity contribution is -0.384. The quantitative estimate of drug-likeness (QED) is 0.277. The zero-order valence-corrected chi connectivity index (χ0v) is 17.7. The van der Waals surface area contributed by atoms with E-state index in [1.807, 2.05) is 18.2 Å². The molecule has 1 aliphatic heterocycles. The Bertz CT molecular complexity index is 1430.